The molecular weight excluding hydrogens is 350 g/mol. The molecule has 0 aliphatic heterocycles. The van der Waals surface area contributed by atoms with E-state index in [0.717, 1.165) is 5.56 Å². The molecule has 2 aromatic carbocycles. The molecule has 0 saturated carbocycles. The highest BCUT2D eigenvalue weighted by molar-refractivity contribution is 5.95. The minimum absolute atomic E-state index is 0.323. The number of ether oxygens (including phenoxy) is 4. The molecule has 0 aromatic heterocycles. The van der Waals surface area contributed by atoms with Gasteiger partial charge in [-0.25, -0.2) is 4.79 Å². The first-order valence-electron chi connectivity index (χ1n) is 8.28. The van der Waals surface area contributed by atoms with E-state index >= 15 is 0 Å². The van der Waals surface area contributed by atoms with Crippen LogP contribution in [0.5, 0.6) is 17.2 Å². The molecule has 1 amide bonds. The van der Waals surface area contributed by atoms with Crippen LogP contribution in [0.25, 0.3) is 0 Å². The predicted molar refractivity (Wildman–Crippen MR) is 101 cm³/mol. The average Bonchev–Trinajstić information content (AvgIpc) is 2.67. The standard InChI is InChI=1S/C20H23NO6/c1-12-6-8-16(24-3)15(10-12)21-19(22)13(2)27-17-9-7-14(20(23)26-5)11-18(17)25-4/h6-11,13H,1-5H3,(H,21,22). The number of carbonyl (C=O) groups is 2. The minimum Gasteiger partial charge on any atom is -0.495 e. The van der Waals surface area contributed by atoms with Crippen LogP contribution in [-0.2, 0) is 9.53 Å². The van der Waals surface area contributed by atoms with Crippen LogP contribution in [0, 0.1) is 6.92 Å². The summed E-state index contributed by atoms with van der Waals surface area (Å²) in [6.45, 7) is 3.54. The molecule has 144 valence electrons. The first kappa shape index (κ1) is 20.1. The van der Waals surface area contributed by atoms with Crippen molar-refractivity contribution in [2.75, 3.05) is 26.6 Å². The number of methoxy groups -OCH3 is 3. The topological polar surface area (TPSA) is 83.1 Å². The molecular formula is C20H23NO6. The molecule has 0 aliphatic rings. The summed E-state index contributed by atoms with van der Waals surface area (Å²) < 4.78 is 20.9. The van der Waals surface area contributed by atoms with Crippen LogP contribution in [0.4, 0.5) is 5.69 Å². The number of rotatable bonds is 7. The Morgan fingerprint density at radius 2 is 1.59 bits per heavy atom. The van der Waals surface area contributed by atoms with E-state index in [1.807, 2.05) is 19.1 Å². The van der Waals surface area contributed by atoms with E-state index < -0.39 is 12.1 Å². The summed E-state index contributed by atoms with van der Waals surface area (Å²) in [5.41, 5.74) is 1.87. The van der Waals surface area contributed by atoms with Crippen molar-refractivity contribution in [3.05, 3.63) is 47.5 Å². The van der Waals surface area contributed by atoms with Gasteiger partial charge in [0.2, 0.25) is 0 Å². The third kappa shape index (κ3) is 4.91. The number of hydrogen-bond donors (Lipinski definition) is 1. The number of amides is 1. The maximum atomic E-state index is 12.5. The van der Waals surface area contributed by atoms with E-state index in [1.54, 1.807) is 19.1 Å². The van der Waals surface area contributed by atoms with Gasteiger partial charge in [0, 0.05) is 0 Å². The van der Waals surface area contributed by atoms with Crippen LogP contribution in [0.1, 0.15) is 22.8 Å². The van der Waals surface area contributed by atoms with Gasteiger partial charge in [0.05, 0.1) is 32.6 Å². The first-order chi connectivity index (χ1) is 12.9. The number of nitrogens with one attached hydrogen (secondary N) is 1. The molecule has 0 heterocycles. The summed E-state index contributed by atoms with van der Waals surface area (Å²) >= 11 is 0. The maximum absolute atomic E-state index is 12.5. The number of hydrogen-bond acceptors (Lipinski definition) is 6. The van der Waals surface area contributed by atoms with Crippen LogP contribution in [0.3, 0.4) is 0 Å². The lowest BCUT2D eigenvalue weighted by atomic mass is 10.2. The largest absolute Gasteiger partial charge is 0.495 e. The minimum atomic E-state index is -0.812. The lowest BCUT2D eigenvalue weighted by Crippen LogP contribution is -2.30. The first-order valence-corrected chi connectivity index (χ1v) is 8.28. The number of aryl methyl sites for hydroxylation is 1. The molecule has 0 aliphatic carbocycles. The Kier molecular flexibility index (Phi) is 6.65. The zero-order valence-electron chi connectivity index (χ0n) is 16.0. The Morgan fingerprint density at radius 3 is 2.22 bits per heavy atom. The summed E-state index contributed by atoms with van der Waals surface area (Å²) in [5, 5.41) is 2.79. The third-order valence-corrected chi connectivity index (χ3v) is 3.87. The zero-order chi connectivity index (χ0) is 20.0. The van der Waals surface area contributed by atoms with Gasteiger partial charge in [0.15, 0.2) is 17.6 Å². The highest BCUT2D eigenvalue weighted by Crippen LogP contribution is 2.30. The number of anilines is 1. The second-order valence-electron chi connectivity index (χ2n) is 5.81. The maximum Gasteiger partial charge on any atom is 0.337 e. The Bertz CT molecular complexity index is 833. The normalized spacial score (nSPS) is 11.3. The van der Waals surface area contributed by atoms with E-state index in [1.165, 1.54) is 33.5 Å². The number of benzene rings is 2. The van der Waals surface area contributed by atoms with Crippen LogP contribution in [0.2, 0.25) is 0 Å². The van der Waals surface area contributed by atoms with Gasteiger partial charge in [-0.3, -0.25) is 4.79 Å². The number of carbonyl (C=O) groups excluding carboxylic acids is 2. The molecule has 1 N–H and O–H groups in total. The molecule has 0 radical (unpaired) electrons. The molecule has 0 spiro atoms. The molecule has 2 rings (SSSR count). The van der Waals surface area contributed by atoms with E-state index in [0.29, 0.717) is 28.5 Å². The summed E-state index contributed by atoms with van der Waals surface area (Å²) in [5.74, 6) is 0.381. The van der Waals surface area contributed by atoms with Crippen molar-refractivity contribution in [2.24, 2.45) is 0 Å². The fourth-order valence-electron chi connectivity index (χ4n) is 2.41. The molecule has 0 fully saturated rings. The van der Waals surface area contributed by atoms with Gasteiger partial charge in [0.25, 0.3) is 5.91 Å². The Labute approximate surface area is 158 Å². The molecule has 7 heteroatoms. The quantitative estimate of drug-likeness (QED) is 0.751. The van der Waals surface area contributed by atoms with Crippen molar-refractivity contribution in [2.45, 2.75) is 20.0 Å². The Hall–Kier alpha value is -3.22. The monoisotopic (exact) mass is 373 g/mol. The molecule has 1 atom stereocenters. The van der Waals surface area contributed by atoms with Crippen LogP contribution >= 0.6 is 0 Å². The lowest BCUT2D eigenvalue weighted by Gasteiger charge is -2.18. The molecule has 0 saturated heterocycles. The van der Waals surface area contributed by atoms with Gasteiger partial charge >= 0.3 is 5.97 Å². The summed E-state index contributed by atoms with van der Waals surface area (Å²) in [6.07, 6.45) is -0.812. The van der Waals surface area contributed by atoms with Crippen molar-refractivity contribution >= 4 is 17.6 Å². The SMILES string of the molecule is COC(=O)c1ccc(OC(C)C(=O)Nc2cc(C)ccc2OC)c(OC)c1. The summed E-state index contributed by atoms with van der Waals surface area (Å²) in [6, 6.07) is 10.1. The van der Waals surface area contributed by atoms with Gasteiger partial charge in [-0.05, 0) is 49.7 Å². The third-order valence-electron chi connectivity index (χ3n) is 3.87. The molecule has 0 bridgehead atoms. The smallest absolute Gasteiger partial charge is 0.337 e. The highest BCUT2D eigenvalue weighted by Gasteiger charge is 2.19. The number of esters is 1. The van der Waals surface area contributed by atoms with E-state index in [4.69, 9.17) is 14.2 Å². The van der Waals surface area contributed by atoms with E-state index in [-0.39, 0.29) is 5.91 Å². The van der Waals surface area contributed by atoms with Crippen LogP contribution < -0.4 is 19.5 Å². The fraction of sp³-hybridized carbons (Fsp3) is 0.300. The van der Waals surface area contributed by atoms with Crippen LogP contribution in [0.15, 0.2) is 36.4 Å². The van der Waals surface area contributed by atoms with Gasteiger partial charge < -0.3 is 24.3 Å². The second kappa shape index (κ2) is 8.93. The average molecular weight is 373 g/mol. The Balaban J connectivity index is 2.14. The molecule has 27 heavy (non-hydrogen) atoms. The van der Waals surface area contributed by atoms with Crippen molar-refractivity contribution < 1.29 is 28.5 Å². The van der Waals surface area contributed by atoms with Gasteiger partial charge in [-0.2, -0.15) is 0 Å². The van der Waals surface area contributed by atoms with Gasteiger partial charge in [0.1, 0.15) is 5.75 Å². The second-order valence-corrected chi connectivity index (χ2v) is 5.81. The Morgan fingerprint density at radius 1 is 0.926 bits per heavy atom. The zero-order valence-corrected chi connectivity index (χ0v) is 16.0. The molecule has 1 unspecified atom stereocenters. The fourth-order valence-corrected chi connectivity index (χ4v) is 2.41. The summed E-state index contributed by atoms with van der Waals surface area (Å²) in [7, 11) is 4.28. The van der Waals surface area contributed by atoms with Gasteiger partial charge in [-0.15, -0.1) is 0 Å². The summed E-state index contributed by atoms with van der Waals surface area (Å²) in [4.78, 5) is 24.1. The van der Waals surface area contributed by atoms with Crippen molar-refractivity contribution in [1.82, 2.24) is 0 Å². The molecule has 2 aromatic rings. The van der Waals surface area contributed by atoms with Crippen molar-refractivity contribution in [3.63, 3.8) is 0 Å². The predicted octanol–water partition coefficient (Wildman–Crippen LogP) is 3.20. The molecule has 7 nitrogen and oxygen atoms in total. The van der Waals surface area contributed by atoms with E-state index in [2.05, 4.69) is 10.1 Å². The van der Waals surface area contributed by atoms with Crippen LogP contribution in [-0.4, -0.2) is 39.3 Å². The van der Waals surface area contributed by atoms with Crippen molar-refractivity contribution in [1.29, 1.82) is 0 Å². The lowest BCUT2D eigenvalue weighted by molar-refractivity contribution is -0.122. The highest BCUT2D eigenvalue weighted by atomic mass is 16.5. The van der Waals surface area contributed by atoms with E-state index in [9.17, 15) is 9.59 Å². The van der Waals surface area contributed by atoms with Crippen molar-refractivity contribution in [3.8, 4) is 17.2 Å². The van der Waals surface area contributed by atoms with Gasteiger partial charge in [-0.1, -0.05) is 6.07 Å².